The molecule has 3 N–H and O–H groups in total. The van der Waals surface area contributed by atoms with Gasteiger partial charge in [-0.2, -0.15) is 0 Å². The summed E-state index contributed by atoms with van der Waals surface area (Å²) in [5.41, 5.74) is 6.18. The van der Waals surface area contributed by atoms with Gasteiger partial charge in [0.2, 0.25) is 3.67 Å². The SMILES string of the molecule is CCS(=O)(=O)C(Cl)(Cl)C(O)c1cccc(N)c1. The van der Waals surface area contributed by atoms with Gasteiger partial charge >= 0.3 is 0 Å². The van der Waals surface area contributed by atoms with Crippen LogP contribution >= 0.6 is 23.2 Å². The minimum absolute atomic E-state index is 0.257. The summed E-state index contributed by atoms with van der Waals surface area (Å²) in [7, 11) is -3.82. The number of hydrogen-bond donors (Lipinski definition) is 2. The van der Waals surface area contributed by atoms with E-state index in [-0.39, 0.29) is 11.3 Å². The Balaban J connectivity index is 3.17. The monoisotopic (exact) mass is 297 g/mol. The number of anilines is 1. The van der Waals surface area contributed by atoms with E-state index in [0.717, 1.165) is 0 Å². The van der Waals surface area contributed by atoms with Gasteiger partial charge in [-0.15, -0.1) is 0 Å². The van der Waals surface area contributed by atoms with Gasteiger partial charge in [-0.1, -0.05) is 42.3 Å². The minimum atomic E-state index is -3.82. The highest BCUT2D eigenvalue weighted by molar-refractivity contribution is 7.95. The van der Waals surface area contributed by atoms with E-state index in [0.29, 0.717) is 5.69 Å². The van der Waals surface area contributed by atoms with Crippen molar-refractivity contribution in [3.8, 4) is 0 Å². The maximum atomic E-state index is 11.7. The molecule has 96 valence electrons. The van der Waals surface area contributed by atoms with Crippen molar-refractivity contribution in [1.29, 1.82) is 0 Å². The Kier molecular flexibility index (Phi) is 4.30. The van der Waals surface area contributed by atoms with Crippen molar-refractivity contribution in [2.24, 2.45) is 0 Å². The first-order valence-corrected chi connectivity index (χ1v) is 7.26. The third-order valence-corrected chi connectivity index (χ3v) is 5.98. The van der Waals surface area contributed by atoms with Gasteiger partial charge in [-0.25, -0.2) is 8.42 Å². The van der Waals surface area contributed by atoms with Gasteiger partial charge in [0.1, 0.15) is 6.10 Å². The van der Waals surface area contributed by atoms with Crippen molar-refractivity contribution >= 4 is 38.7 Å². The molecule has 0 aliphatic heterocycles. The van der Waals surface area contributed by atoms with Crippen LogP contribution in [0.3, 0.4) is 0 Å². The van der Waals surface area contributed by atoms with E-state index in [1.54, 1.807) is 12.1 Å². The Morgan fingerprint density at radius 1 is 1.47 bits per heavy atom. The fourth-order valence-corrected chi connectivity index (χ4v) is 3.05. The lowest BCUT2D eigenvalue weighted by molar-refractivity contribution is 0.181. The van der Waals surface area contributed by atoms with Gasteiger partial charge in [-0.3, -0.25) is 0 Å². The van der Waals surface area contributed by atoms with Crippen LogP contribution in [-0.4, -0.2) is 22.9 Å². The molecule has 1 atom stereocenters. The van der Waals surface area contributed by atoms with Gasteiger partial charge in [-0.05, 0) is 17.7 Å². The number of nitrogen functional groups attached to an aromatic ring is 1. The molecule has 1 aromatic rings. The second-order valence-corrected chi connectivity index (χ2v) is 7.82. The highest BCUT2D eigenvalue weighted by Gasteiger charge is 2.46. The van der Waals surface area contributed by atoms with Crippen LogP contribution in [0.2, 0.25) is 0 Å². The minimum Gasteiger partial charge on any atom is -0.399 e. The fourth-order valence-electron chi connectivity index (χ4n) is 1.29. The fraction of sp³-hybridized carbons (Fsp3) is 0.400. The van der Waals surface area contributed by atoms with Crippen LogP contribution in [0.5, 0.6) is 0 Å². The topological polar surface area (TPSA) is 80.4 Å². The molecule has 0 aromatic heterocycles. The van der Waals surface area contributed by atoms with E-state index in [1.165, 1.54) is 19.1 Å². The van der Waals surface area contributed by atoms with Gasteiger partial charge in [0.05, 0.1) is 5.75 Å². The zero-order chi connectivity index (χ0) is 13.3. The summed E-state index contributed by atoms with van der Waals surface area (Å²) in [5, 5.41) is 9.94. The van der Waals surface area contributed by atoms with Gasteiger partial charge in [0.25, 0.3) is 0 Å². The molecule has 0 amide bonds. The van der Waals surface area contributed by atoms with Gasteiger partial charge < -0.3 is 10.8 Å². The molecule has 0 saturated heterocycles. The number of alkyl halides is 2. The molecule has 0 heterocycles. The summed E-state index contributed by atoms with van der Waals surface area (Å²) in [6.45, 7) is 1.40. The number of sulfone groups is 1. The molecule has 0 aliphatic rings. The molecule has 0 spiro atoms. The Labute approximate surface area is 110 Å². The molecule has 0 bridgehead atoms. The van der Waals surface area contributed by atoms with Crippen molar-refractivity contribution in [2.45, 2.75) is 16.7 Å². The molecule has 0 radical (unpaired) electrons. The third-order valence-electron chi connectivity index (χ3n) is 2.34. The van der Waals surface area contributed by atoms with Crippen LogP contribution in [0.4, 0.5) is 5.69 Å². The molecule has 17 heavy (non-hydrogen) atoms. The van der Waals surface area contributed by atoms with E-state index < -0.39 is 19.6 Å². The largest absolute Gasteiger partial charge is 0.399 e. The second-order valence-electron chi connectivity index (χ2n) is 3.54. The van der Waals surface area contributed by atoms with Crippen molar-refractivity contribution in [3.63, 3.8) is 0 Å². The average Bonchev–Trinajstić information content (AvgIpc) is 2.27. The molecule has 0 fully saturated rings. The van der Waals surface area contributed by atoms with Crippen LogP contribution in [-0.2, 0) is 9.84 Å². The quantitative estimate of drug-likeness (QED) is 0.657. The number of nitrogens with two attached hydrogens (primary N) is 1. The highest BCUT2D eigenvalue weighted by Crippen LogP contribution is 2.41. The maximum Gasteiger partial charge on any atom is 0.247 e. The van der Waals surface area contributed by atoms with E-state index in [4.69, 9.17) is 28.9 Å². The van der Waals surface area contributed by atoms with Crippen LogP contribution in [0, 0.1) is 0 Å². The normalized spacial score (nSPS) is 14.6. The lowest BCUT2D eigenvalue weighted by atomic mass is 10.1. The van der Waals surface area contributed by atoms with Crippen molar-refractivity contribution in [2.75, 3.05) is 11.5 Å². The first kappa shape index (κ1) is 14.6. The Morgan fingerprint density at radius 3 is 2.53 bits per heavy atom. The summed E-state index contributed by atoms with van der Waals surface area (Å²) in [6, 6.07) is 6.12. The molecule has 1 aromatic carbocycles. The van der Waals surface area contributed by atoms with Crippen LogP contribution in [0.1, 0.15) is 18.6 Å². The van der Waals surface area contributed by atoms with Crippen molar-refractivity contribution in [1.82, 2.24) is 0 Å². The van der Waals surface area contributed by atoms with Gasteiger partial charge in [0, 0.05) is 5.69 Å². The molecule has 7 heteroatoms. The number of hydrogen-bond acceptors (Lipinski definition) is 4. The lowest BCUT2D eigenvalue weighted by Gasteiger charge is -2.25. The number of halogens is 2. The molecule has 1 unspecified atom stereocenters. The first-order chi connectivity index (χ1) is 7.72. The summed E-state index contributed by atoms with van der Waals surface area (Å²) >= 11 is 11.5. The molecular formula is C10H13Cl2NO3S. The summed E-state index contributed by atoms with van der Waals surface area (Å²) in [6.07, 6.45) is -1.56. The van der Waals surface area contributed by atoms with Crippen LogP contribution in [0.25, 0.3) is 0 Å². The van der Waals surface area contributed by atoms with E-state index in [9.17, 15) is 13.5 Å². The Morgan fingerprint density at radius 2 is 2.06 bits per heavy atom. The van der Waals surface area contributed by atoms with E-state index in [1.807, 2.05) is 0 Å². The predicted octanol–water partition coefficient (Wildman–Crippen LogP) is 1.87. The smallest absolute Gasteiger partial charge is 0.247 e. The third kappa shape index (κ3) is 2.85. The van der Waals surface area contributed by atoms with Crippen LogP contribution < -0.4 is 5.73 Å². The molecule has 0 saturated carbocycles. The summed E-state index contributed by atoms with van der Waals surface area (Å²) < 4.78 is 21.0. The van der Waals surface area contributed by atoms with E-state index in [2.05, 4.69) is 0 Å². The number of benzene rings is 1. The van der Waals surface area contributed by atoms with Crippen LogP contribution in [0.15, 0.2) is 24.3 Å². The number of aliphatic hydroxyl groups excluding tert-OH is 1. The Bertz CT molecular complexity index is 502. The zero-order valence-electron chi connectivity index (χ0n) is 9.10. The molecule has 0 aliphatic carbocycles. The molecule has 4 nitrogen and oxygen atoms in total. The van der Waals surface area contributed by atoms with E-state index >= 15 is 0 Å². The lowest BCUT2D eigenvalue weighted by Crippen LogP contribution is -2.34. The first-order valence-electron chi connectivity index (χ1n) is 4.86. The Hall–Kier alpha value is -0.490. The molecular weight excluding hydrogens is 285 g/mol. The average molecular weight is 298 g/mol. The molecule has 1 rings (SSSR count). The summed E-state index contributed by atoms with van der Waals surface area (Å²) in [5.74, 6) is -0.265. The second kappa shape index (κ2) is 5.02. The number of rotatable bonds is 4. The standard InChI is InChI=1S/C10H13Cl2NO3S/c1-2-17(15,16)10(11,12)9(14)7-4-3-5-8(13)6-7/h3-6,9,14H,2,13H2,1H3. The summed E-state index contributed by atoms with van der Waals surface area (Å²) in [4.78, 5) is 0. The van der Waals surface area contributed by atoms with Crippen molar-refractivity contribution in [3.05, 3.63) is 29.8 Å². The predicted molar refractivity (Wildman–Crippen MR) is 69.7 cm³/mol. The zero-order valence-corrected chi connectivity index (χ0v) is 11.4. The maximum absolute atomic E-state index is 11.7. The number of aliphatic hydroxyl groups is 1. The highest BCUT2D eigenvalue weighted by atomic mass is 35.5. The van der Waals surface area contributed by atoms with Crippen molar-refractivity contribution < 1.29 is 13.5 Å². The van der Waals surface area contributed by atoms with Gasteiger partial charge in [0.15, 0.2) is 9.84 Å².